The molecule has 1 aliphatic heterocycles. The highest BCUT2D eigenvalue weighted by molar-refractivity contribution is 8.13. The van der Waals surface area contributed by atoms with Gasteiger partial charge in [-0.3, -0.25) is 4.90 Å². The largest absolute Gasteiger partial charge is 0.352 e. The minimum atomic E-state index is 0. The molecule has 0 bridgehead atoms. The van der Waals surface area contributed by atoms with Gasteiger partial charge in [0.25, 0.3) is 0 Å². The molecule has 19 heavy (non-hydrogen) atoms. The van der Waals surface area contributed by atoms with Crippen LogP contribution in [-0.4, -0.2) is 29.9 Å². The number of amidine groups is 1. The Morgan fingerprint density at radius 1 is 1.37 bits per heavy atom. The molecule has 0 spiro atoms. The van der Waals surface area contributed by atoms with Crippen LogP contribution in [0.5, 0.6) is 0 Å². The zero-order chi connectivity index (χ0) is 13.0. The second kappa shape index (κ2) is 8.22. The third-order valence-corrected chi connectivity index (χ3v) is 4.42. The summed E-state index contributed by atoms with van der Waals surface area (Å²) in [4.78, 5) is 6.68. The molecule has 0 fully saturated rings. The topological polar surface area (TPSA) is 27.6 Å². The van der Waals surface area contributed by atoms with Crippen LogP contribution in [0, 0.1) is 0 Å². The number of hydrogen-bond donors (Lipinski definition) is 1. The Morgan fingerprint density at radius 2 is 2.05 bits per heavy atom. The molecule has 2 rings (SSSR count). The van der Waals surface area contributed by atoms with E-state index in [1.165, 1.54) is 0 Å². The quantitative estimate of drug-likeness (QED) is 0.906. The van der Waals surface area contributed by atoms with E-state index in [2.05, 4.69) is 22.1 Å². The van der Waals surface area contributed by atoms with E-state index in [0.717, 1.165) is 36.4 Å². The number of benzene rings is 1. The summed E-state index contributed by atoms with van der Waals surface area (Å²) < 4.78 is 0. The van der Waals surface area contributed by atoms with Crippen LogP contribution in [0.2, 0.25) is 10.0 Å². The van der Waals surface area contributed by atoms with E-state index in [0.29, 0.717) is 10.0 Å². The monoisotopic (exact) mass is 339 g/mol. The molecule has 0 saturated heterocycles. The van der Waals surface area contributed by atoms with Gasteiger partial charge in [-0.15, -0.1) is 12.4 Å². The van der Waals surface area contributed by atoms with Crippen LogP contribution in [0.25, 0.3) is 0 Å². The first-order valence-electron chi connectivity index (χ1n) is 5.77. The molecule has 0 aliphatic carbocycles. The third-order valence-electron chi connectivity index (χ3n) is 2.73. The molecule has 1 aromatic rings. The predicted octanol–water partition coefficient (Wildman–Crippen LogP) is 3.84. The Hall–Kier alpha value is -0.130. The van der Waals surface area contributed by atoms with Gasteiger partial charge in [-0.05, 0) is 24.2 Å². The Balaban J connectivity index is 0.00000180. The van der Waals surface area contributed by atoms with E-state index in [9.17, 15) is 0 Å². The van der Waals surface area contributed by atoms with Crippen LogP contribution in [0.1, 0.15) is 12.5 Å². The predicted molar refractivity (Wildman–Crippen MR) is 87.7 cm³/mol. The third kappa shape index (κ3) is 4.72. The van der Waals surface area contributed by atoms with Crippen molar-refractivity contribution in [3.63, 3.8) is 0 Å². The maximum absolute atomic E-state index is 6.13. The van der Waals surface area contributed by atoms with Gasteiger partial charge >= 0.3 is 0 Å². The van der Waals surface area contributed by atoms with Crippen molar-refractivity contribution < 1.29 is 0 Å². The van der Waals surface area contributed by atoms with Crippen molar-refractivity contribution in [2.75, 3.05) is 19.9 Å². The number of nitrogens with zero attached hydrogens (tertiary/aromatic N) is 2. The fraction of sp³-hybridized carbons (Fsp3) is 0.417. The average molecular weight is 341 g/mol. The normalized spacial score (nSPS) is 15.4. The number of rotatable bonds is 3. The smallest absolute Gasteiger partial charge is 0.159 e. The Bertz CT molecular complexity index is 434. The molecule has 0 aromatic heterocycles. The van der Waals surface area contributed by atoms with Gasteiger partial charge in [-0.1, -0.05) is 48.0 Å². The summed E-state index contributed by atoms with van der Waals surface area (Å²) in [7, 11) is 0. The van der Waals surface area contributed by atoms with Crippen molar-refractivity contribution >= 4 is 52.5 Å². The molecule has 0 unspecified atom stereocenters. The summed E-state index contributed by atoms with van der Waals surface area (Å²) in [5, 5.41) is 5.66. The molecule has 0 radical (unpaired) electrons. The lowest BCUT2D eigenvalue weighted by Gasteiger charge is -2.25. The molecular formula is C12H16Cl3N3S. The minimum Gasteiger partial charge on any atom is -0.352 e. The lowest BCUT2D eigenvalue weighted by Crippen LogP contribution is -2.41. The maximum atomic E-state index is 6.13. The molecule has 1 N–H and O–H groups in total. The molecule has 106 valence electrons. The van der Waals surface area contributed by atoms with Crippen LogP contribution in [0.3, 0.4) is 0 Å². The fourth-order valence-electron chi connectivity index (χ4n) is 1.57. The van der Waals surface area contributed by atoms with E-state index in [1.807, 2.05) is 18.2 Å². The number of nitrogens with one attached hydrogen (secondary N) is 1. The first kappa shape index (κ1) is 16.9. The van der Waals surface area contributed by atoms with Gasteiger partial charge in [0.2, 0.25) is 0 Å². The van der Waals surface area contributed by atoms with Gasteiger partial charge in [0.05, 0.1) is 13.3 Å². The first-order valence-corrected chi connectivity index (χ1v) is 7.51. The minimum absolute atomic E-state index is 0. The van der Waals surface area contributed by atoms with Gasteiger partial charge in [-0.2, -0.15) is 0 Å². The van der Waals surface area contributed by atoms with Gasteiger partial charge < -0.3 is 5.32 Å². The molecule has 3 nitrogen and oxygen atoms in total. The molecule has 1 aliphatic rings. The van der Waals surface area contributed by atoms with Crippen molar-refractivity contribution in [2.24, 2.45) is 4.99 Å². The summed E-state index contributed by atoms with van der Waals surface area (Å²) in [5.41, 5.74) is 0.966. The van der Waals surface area contributed by atoms with Crippen molar-refractivity contribution in [1.82, 2.24) is 10.2 Å². The molecular weight excluding hydrogens is 325 g/mol. The first-order chi connectivity index (χ1) is 8.70. The molecule has 1 aromatic carbocycles. The van der Waals surface area contributed by atoms with E-state index in [4.69, 9.17) is 23.2 Å². The zero-order valence-electron chi connectivity index (χ0n) is 10.5. The van der Waals surface area contributed by atoms with Crippen molar-refractivity contribution in [2.45, 2.75) is 12.7 Å². The number of hydrogen-bond acceptors (Lipinski definition) is 4. The van der Waals surface area contributed by atoms with Gasteiger partial charge in [0, 0.05) is 15.8 Å². The Labute approximate surface area is 134 Å². The van der Waals surface area contributed by atoms with Gasteiger partial charge in [0.15, 0.2) is 5.17 Å². The Morgan fingerprint density at radius 3 is 2.58 bits per heavy atom. The number of thioether (sulfide) groups is 1. The lowest BCUT2D eigenvalue weighted by molar-refractivity contribution is 0.281. The molecule has 0 saturated carbocycles. The molecule has 7 heteroatoms. The molecule has 0 atom stereocenters. The zero-order valence-corrected chi connectivity index (χ0v) is 13.7. The highest BCUT2D eigenvalue weighted by Gasteiger charge is 2.12. The van der Waals surface area contributed by atoms with Gasteiger partial charge in [0.1, 0.15) is 0 Å². The maximum Gasteiger partial charge on any atom is 0.159 e. The number of halogens is 3. The highest BCUT2D eigenvalue weighted by atomic mass is 35.5. The van der Waals surface area contributed by atoms with Crippen LogP contribution in [0.15, 0.2) is 23.2 Å². The second-order valence-corrected chi connectivity index (χ2v) is 5.69. The lowest BCUT2D eigenvalue weighted by atomic mass is 10.2. The summed E-state index contributed by atoms with van der Waals surface area (Å²) in [6, 6.07) is 5.57. The van der Waals surface area contributed by atoms with Crippen LogP contribution < -0.4 is 5.32 Å². The molecule has 0 amide bonds. The van der Waals surface area contributed by atoms with Crippen molar-refractivity contribution in [3.05, 3.63) is 33.8 Å². The van der Waals surface area contributed by atoms with Crippen LogP contribution in [0.4, 0.5) is 0 Å². The van der Waals surface area contributed by atoms with E-state index >= 15 is 0 Å². The fourth-order valence-corrected chi connectivity index (χ4v) is 3.17. The summed E-state index contributed by atoms with van der Waals surface area (Å²) in [6.45, 7) is 4.73. The average Bonchev–Trinajstić information content (AvgIpc) is 2.39. The van der Waals surface area contributed by atoms with Crippen molar-refractivity contribution in [3.8, 4) is 0 Å². The van der Waals surface area contributed by atoms with E-state index in [-0.39, 0.29) is 12.4 Å². The second-order valence-electron chi connectivity index (χ2n) is 3.92. The standard InChI is InChI=1S/C12H15Cl2N3S.ClH/c1-2-17-7-15-12(16-8-17)18-6-9-10(13)4-3-5-11(9)14;/h3-5H,2,6-8H2,1H3,(H,15,16);1H. The summed E-state index contributed by atoms with van der Waals surface area (Å²) >= 11 is 13.9. The van der Waals surface area contributed by atoms with Gasteiger partial charge in [-0.25, -0.2) is 4.99 Å². The SMILES string of the molecule is CCN1CN=C(SCc2c(Cl)cccc2Cl)NC1.Cl. The Kier molecular flexibility index (Phi) is 7.32. The summed E-state index contributed by atoms with van der Waals surface area (Å²) in [6.07, 6.45) is 0. The highest BCUT2D eigenvalue weighted by Crippen LogP contribution is 2.28. The molecule has 1 heterocycles. The number of aliphatic imine (C=N–C) groups is 1. The summed E-state index contributed by atoms with van der Waals surface area (Å²) in [5.74, 6) is 0.733. The van der Waals surface area contributed by atoms with E-state index < -0.39 is 0 Å². The van der Waals surface area contributed by atoms with E-state index in [1.54, 1.807) is 11.8 Å². The van der Waals surface area contributed by atoms with Crippen LogP contribution in [-0.2, 0) is 5.75 Å². The van der Waals surface area contributed by atoms with Crippen molar-refractivity contribution in [1.29, 1.82) is 0 Å². The van der Waals surface area contributed by atoms with Crippen LogP contribution >= 0.6 is 47.4 Å².